The maximum Gasteiger partial charge on any atom is 0.279 e. The van der Waals surface area contributed by atoms with Gasteiger partial charge in [0.15, 0.2) is 6.54 Å². The van der Waals surface area contributed by atoms with E-state index in [1.807, 2.05) is 20.8 Å². The lowest BCUT2D eigenvalue weighted by Gasteiger charge is -2.22. The van der Waals surface area contributed by atoms with Crippen LogP contribution >= 0.6 is 0 Å². The molecule has 1 aromatic rings. The molecule has 8 heteroatoms. The predicted molar refractivity (Wildman–Crippen MR) is 115 cm³/mol. The third-order valence-corrected chi connectivity index (χ3v) is 7.39. The molecule has 164 valence electrons. The van der Waals surface area contributed by atoms with Crippen LogP contribution in [-0.2, 0) is 14.8 Å². The molecule has 29 heavy (non-hydrogen) atoms. The van der Waals surface area contributed by atoms with Crippen molar-refractivity contribution in [1.29, 1.82) is 0 Å². The number of carbonyl (C=O) groups is 1. The summed E-state index contributed by atoms with van der Waals surface area (Å²) in [6.45, 7) is 9.09. The van der Waals surface area contributed by atoms with E-state index in [4.69, 9.17) is 4.74 Å². The quantitative estimate of drug-likeness (QED) is 0.632. The number of hydrogen-bond donors (Lipinski definition) is 2. The van der Waals surface area contributed by atoms with Crippen molar-refractivity contribution in [3.8, 4) is 5.75 Å². The minimum Gasteiger partial charge on any atom is -0.492 e. The van der Waals surface area contributed by atoms with Crippen molar-refractivity contribution in [1.82, 2.24) is 4.31 Å². The molecule has 0 atom stereocenters. The number of rotatable bonds is 9. The third-order valence-electron chi connectivity index (χ3n) is 5.34. The van der Waals surface area contributed by atoms with Crippen molar-refractivity contribution in [2.24, 2.45) is 0 Å². The fourth-order valence-corrected chi connectivity index (χ4v) is 5.25. The monoisotopic (exact) mass is 426 g/mol. The molecule has 0 aromatic heterocycles. The molecular weight excluding hydrogens is 390 g/mol. The Balaban J connectivity index is 2.19. The Morgan fingerprint density at radius 1 is 1.07 bits per heavy atom. The normalized spacial score (nSPS) is 16.3. The van der Waals surface area contributed by atoms with Gasteiger partial charge in [0.05, 0.1) is 30.3 Å². The van der Waals surface area contributed by atoms with E-state index in [1.54, 1.807) is 6.07 Å². The highest BCUT2D eigenvalue weighted by molar-refractivity contribution is 7.89. The van der Waals surface area contributed by atoms with Crippen molar-refractivity contribution in [2.45, 2.75) is 57.8 Å². The Morgan fingerprint density at radius 2 is 1.69 bits per heavy atom. The van der Waals surface area contributed by atoms with E-state index < -0.39 is 10.0 Å². The fourth-order valence-electron chi connectivity index (χ4n) is 3.76. The number of hydrogen-bond acceptors (Lipinski definition) is 4. The van der Waals surface area contributed by atoms with Gasteiger partial charge in [0.25, 0.3) is 5.91 Å². The highest BCUT2D eigenvalue weighted by atomic mass is 32.2. The van der Waals surface area contributed by atoms with Crippen LogP contribution in [0, 0.1) is 0 Å². The molecule has 0 radical (unpaired) electrons. The van der Waals surface area contributed by atoms with Crippen LogP contribution in [0.15, 0.2) is 23.1 Å². The summed E-state index contributed by atoms with van der Waals surface area (Å²) in [5, 5.41) is 2.90. The lowest BCUT2D eigenvalue weighted by atomic mass is 10.1. The molecule has 1 aliphatic heterocycles. The molecule has 0 saturated carbocycles. The van der Waals surface area contributed by atoms with Gasteiger partial charge in [-0.2, -0.15) is 4.31 Å². The second kappa shape index (κ2) is 11.5. The number of benzene rings is 1. The standard InChI is InChI=1S/C21H35N3O4S/c1-4-24(5-2)29(26,27)18-12-13-20(28-6-3)19(16-18)22-21(25)17-23-14-10-8-7-9-11-15-23/h12-13,16H,4-11,14-15,17H2,1-3H3,(H,22,25)/p+1. The van der Waals surface area contributed by atoms with Crippen molar-refractivity contribution >= 4 is 21.6 Å². The highest BCUT2D eigenvalue weighted by Crippen LogP contribution is 2.29. The second-order valence-corrected chi connectivity index (χ2v) is 9.36. The molecule has 1 heterocycles. The number of amides is 1. The van der Waals surface area contributed by atoms with E-state index in [9.17, 15) is 13.2 Å². The van der Waals surface area contributed by atoms with Gasteiger partial charge in [0.2, 0.25) is 10.0 Å². The maximum absolute atomic E-state index is 12.9. The Bertz CT molecular complexity index is 755. The molecular formula is C21H36N3O4S+. The third kappa shape index (κ3) is 6.69. The first-order valence-corrected chi connectivity index (χ1v) is 12.3. The Labute approximate surface area is 175 Å². The van der Waals surface area contributed by atoms with Gasteiger partial charge < -0.3 is 15.0 Å². The molecule has 7 nitrogen and oxygen atoms in total. The van der Waals surface area contributed by atoms with Crippen LogP contribution in [0.2, 0.25) is 0 Å². The SMILES string of the molecule is CCOc1ccc(S(=O)(=O)N(CC)CC)cc1NC(=O)C[NH+]1CCCCCCC1. The van der Waals surface area contributed by atoms with E-state index in [0.717, 1.165) is 25.9 Å². The molecule has 1 amide bonds. The Hall–Kier alpha value is -1.64. The van der Waals surface area contributed by atoms with E-state index in [2.05, 4.69) is 5.32 Å². The van der Waals surface area contributed by atoms with Gasteiger partial charge in [-0.3, -0.25) is 4.79 Å². The van der Waals surface area contributed by atoms with Crippen LogP contribution in [0.3, 0.4) is 0 Å². The first-order valence-electron chi connectivity index (χ1n) is 10.8. The minimum atomic E-state index is -3.61. The number of anilines is 1. The van der Waals surface area contributed by atoms with Gasteiger partial charge in [-0.05, 0) is 50.8 Å². The topological polar surface area (TPSA) is 80.2 Å². The van der Waals surface area contributed by atoms with Gasteiger partial charge in [-0.15, -0.1) is 0 Å². The molecule has 1 aromatic carbocycles. The number of likely N-dealkylation sites (tertiary alicyclic amines) is 1. The predicted octanol–water partition coefficient (Wildman–Crippen LogP) is 1.90. The molecule has 2 rings (SSSR count). The summed E-state index contributed by atoms with van der Waals surface area (Å²) in [5.74, 6) is 0.376. The number of carbonyl (C=O) groups excluding carboxylic acids is 1. The van der Waals surface area contributed by atoms with Gasteiger partial charge in [0, 0.05) is 13.1 Å². The summed E-state index contributed by atoms with van der Waals surface area (Å²) >= 11 is 0. The molecule has 0 bridgehead atoms. The van der Waals surface area contributed by atoms with Gasteiger partial charge in [0.1, 0.15) is 5.75 Å². The van der Waals surface area contributed by atoms with Crippen LogP contribution < -0.4 is 15.0 Å². The van der Waals surface area contributed by atoms with Crippen LogP contribution in [0.1, 0.15) is 52.9 Å². The average Bonchev–Trinajstić information content (AvgIpc) is 2.66. The highest BCUT2D eigenvalue weighted by Gasteiger charge is 2.24. The molecule has 0 aliphatic carbocycles. The van der Waals surface area contributed by atoms with E-state index >= 15 is 0 Å². The van der Waals surface area contributed by atoms with Crippen LogP contribution in [0.5, 0.6) is 5.75 Å². The van der Waals surface area contributed by atoms with Gasteiger partial charge >= 0.3 is 0 Å². The van der Waals surface area contributed by atoms with Gasteiger partial charge in [-0.1, -0.05) is 20.3 Å². The number of nitrogens with one attached hydrogen (secondary N) is 2. The van der Waals surface area contributed by atoms with Crippen LogP contribution in [0.25, 0.3) is 0 Å². The molecule has 1 saturated heterocycles. The number of sulfonamides is 1. The summed E-state index contributed by atoms with van der Waals surface area (Å²) in [5.41, 5.74) is 0.413. The molecule has 0 spiro atoms. The van der Waals surface area contributed by atoms with Crippen molar-refractivity contribution in [2.75, 3.05) is 44.6 Å². The Morgan fingerprint density at radius 3 is 2.28 bits per heavy atom. The lowest BCUT2D eigenvalue weighted by molar-refractivity contribution is -0.892. The van der Waals surface area contributed by atoms with E-state index in [-0.39, 0.29) is 10.8 Å². The first-order chi connectivity index (χ1) is 13.9. The molecule has 1 aliphatic rings. The largest absolute Gasteiger partial charge is 0.492 e. The second-order valence-electron chi connectivity index (χ2n) is 7.42. The van der Waals surface area contributed by atoms with Crippen LogP contribution in [0.4, 0.5) is 5.69 Å². The van der Waals surface area contributed by atoms with Crippen molar-refractivity contribution in [3.63, 3.8) is 0 Å². The zero-order valence-electron chi connectivity index (χ0n) is 18.0. The zero-order chi connectivity index (χ0) is 21.3. The van der Waals surface area contributed by atoms with Crippen molar-refractivity contribution < 1.29 is 22.8 Å². The summed E-state index contributed by atoms with van der Waals surface area (Å²) < 4.78 is 32.7. The van der Waals surface area contributed by atoms with Crippen molar-refractivity contribution in [3.05, 3.63) is 18.2 Å². The molecule has 0 unspecified atom stereocenters. The summed E-state index contributed by atoms with van der Waals surface area (Å²) in [6, 6.07) is 4.68. The van der Waals surface area contributed by atoms with Crippen LogP contribution in [-0.4, -0.2) is 58.0 Å². The number of ether oxygens (including phenoxy) is 1. The van der Waals surface area contributed by atoms with E-state index in [1.165, 1.54) is 40.6 Å². The summed E-state index contributed by atoms with van der Waals surface area (Å²) in [6.07, 6.45) is 6.02. The summed E-state index contributed by atoms with van der Waals surface area (Å²) in [4.78, 5) is 14.1. The smallest absolute Gasteiger partial charge is 0.279 e. The van der Waals surface area contributed by atoms with E-state index in [0.29, 0.717) is 37.7 Å². The lowest BCUT2D eigenvalue weighted by Crippen LogP contribution is -3.13. The average molecular weight is 427 g/mol. The zero-order valence-corrected chi connectivity index (χ0v) is 18.8. The Kier molecular flexibility index (Phi) is 9.39. The number of nitrogens with zero attached hydrogens (tertiary/aromatic N) is 1. The number of quaternary nitrogens is 1. The maximum atomic E-state index is 12.9. The summed E-state index contributed by atoms with van der Waals surface area (Å²) in [7, 11) is -3.61. The fraction of sp³-hybridized carbons (Fsp3) is 0.667. The van der Waals surface area contributed by atoms with Gasteiger partial charge in [-0.25, -0.2) is 8.42 Å². The first kappa shape index (κ1) is 23.6. The molecule has 1 fully saturated rings. The molecule has 2 N–H and O–H groups in total. The minimum absolute atomic E-state index is 0.112.